The van der Waals surface area contributed by atoms with Crippen LogP contribution in [0.3, 0.4) is 0 Å². The van der Waals surface area contributed by atoms with Gasteiger partial charge in [-0.1, -0.05) is 6.07 Å². The van der Waals surface area contributed by atoms with Crippen molar-refractivity contribution in [3.63, 3.8) is 0 Å². The molecule has 0 aromatic carbocycles. The number of carbonyl (C=O) groups excluding carboxylic acids is 1. The quantitative estimate of drug-likeness (QED) is 0.776. The number of pyridine rings is 1. The molecule has 0 aliphatic carbocycles. The van der Waals surface area contributed by atoms with E-state index in [-0.39, 0.29) is 5.41 Å². The van der Waals surface area contributed by atoms with Crippen LogP contribution < -0.4 is 9.80 Å². The molecule has 2 saturated heterocycles. The molecule has 4 rings (SSSR count). The monoisotopic (exact) mass is 394 g/mol. The highest BCUT2D eigenvalue weighted by Crippen LogP contribution is 2.41. The first-order valence-corrected chi connectivity index (χ1v) is 10.5. The lowest BCUT2D eigenvalue weighted by molar-refractivity contribution is -0.138. The molecule has 2 aliphatic heterocycles. The van der Waals surface area contributed by atoms with Gasteiger partial charge in [-0.25, -0.2) is 9.97 Å². The summed E-state index contributed by atoms with van der Waals surface area (Å²) in [6, 6.07) is 4.04. The average molecular weight is 395 g/mol. The van der Waals surface area contributed by atoms with Gasteiger partial charge in [0.2, 0.25) is 5.91 Å². The Morgan fingerprint density at radius 3 is 2.62 bits per heavy atom. The van der Waals surface area contributed by atoms with E-state index in [1.165, 1.54) is 5.56 Å². The summed E-state index contributed by atoms with van der Waals surface area (Å²) in [5, 5.41) is 0. The highest BCUT2D eigenvalue weighted by molar-refractivity contribution is 5.77. The number of rotatable bonds is 5. The summed E-state index contributed by atoms with van der Waals surface area (Å²) in [5.74, 6) is 2.18. The predicted molar refractivity (Wildman–Crippen MR) is 114 cm³/mol. The fraction of sp³-hybridized carbons (Fsp3) is 0.545. The molecule has 7 nitrogen and oxygen atoms in total. The minimum Gasteiger partial charge on any atom is -0.360 e. The second kappa shape index (κ2) is 8.35. The van der Waals surface area contributed by atoms with E-state index >= 15 is 0 Å². The number of piperidine rings is 2. The maximum atomic E-state index is 12.5. The van der Waals surface area contributed by atoms with Gasteiger partial charge in [-0.15, -0.1) is 0 Å². The molecule has 0 atom stereocenters. The Morgan fingerprint density at radius 1 is 1.10 bits per heavy atom. The summed E-state index contributed by atoms with van der Waals surface area (Å²) in [4.78, 5) is 32.3. The van der Waals surface area contributed by atoms with E-state index in [2.05, 4.69) is 30.8 Å². The molecule has 4 heterocycles. The highest BCUT2D eigenvalue weighted by Gasteiger charge is 2.41. The maximum Gasteiger partial charge on any atom is 0.222 e. The molecule has 2 aromatic rings. The van der Waals surface area contributed by atoms with Gasteiger partial charge in [0.25, 0.3) is 0 Å². The number of likely N-dealkylation sites (tertiary alicyclic amines) is 1. The third kappa shape index (κ3) is 4.33. The van der Waals surface area contributed by atoms with E-state index in [0.29, 0.717) is 12.3 Å². The van der Waals surface area contributed by atoms with E-state index < -0.39 is 0 Å². The number of hydrogen-bond donors (Lipinski definition) is 0. The first-order chi connectivity index (χ1) is 14.1. The number of amides is 1. The Balaban J connectivity index is 1.39. The molecule has 0 unspecified atom stereocenters. The highest BCUT2D eigenvalue weighted by atomic mass is 16.2. The van der Waals surface area contributed by atoms with Gasteiger partial charge < -0.3 is 14.7 Å². The van der Waals surface area contributed by atoms with Crippen molar-refractivity contribution in [3.05, 3.63) is 42.5 Å². The predicted octanol–water partition coefficient (Wildman–Crippen LogP) is 2.39. The Morgan fingerprint density at radius 2 is 1.90 bits per heavy atom. The topological polar surface area (TPSA) is 65.5 Å². The van der Waals surface area contributed by atoms with Crippen molar-refractivity contribution in [3.8, 4) is 0 Å². The normalized spacial score (nSPS) is 18.9. The minimum atomic E-state index is 0.236. The smallest absolute Gasteiger partial charge is 0.222 e. The van der Waals surface area contributed by atoms with Crippen molar-refractivity contribution < 1.29 is 4.79 Å². The van der Waals surface area contributed by atoms with Crippen LogP contribution >= 0.6 is 0 Å². The van der Waals surface area contributed by atoms with Crippen molar-refractivity contribution in [1.29, 1.82) is 0 Å². The zero-order valence-corrected chi connectivity index (χ0v) is 17.4. The van der Waals surface area contributed by atoms with E-state index in [9.17, 15) is 4.79 Å². The van der Waals surface area contributed by atoms with Crippen molar-refractivity contribution in [2.75, 3.05) is 50.1 Å². The van der Waals surface area contributed by atoms with Gasteiger partial charge in [-0.05, 0) is 42.7 Å². The number of carbonyl (C=O) groups is 1. The standard InChI is InChI=1S/C22H30N6O/c1-26(2)20-21(25-12-11-24-20)27-14-8-22(9-15-27)7-5-19(29)28(17-22)13-6-18-4-3-10-23-16-18/h3-4,10-12,16H,5-9,13-15,17H2,1-2H3. The zero-order chi connectivity index (χ0) is 20.3. The van der Waals surface area contributed by atoms with Crippen LogP contribution in [0, 0.1) is 5.41 Å². The molecule has 2 aliphatic rings. The van der Waals surface area contributed by atoms with Crippen LogP contribution in [0.5, 0.6) is 0 Å². The fourth-order valence-electron chi connectivity index (χ4n) is 4.58. The van der Waals surface area contributed by atoms with Crippen molar-refractivity contribution in [1.82, 2.24) is 19.9 Å². The van der Waals surface area contributed by atoms with E-state index in [4.69, 9.17) is 0 Å². The second-order valence-electron chi connectivity index (χ2n) is 8.51. The summed E-state index contributed by atoms with van der Waals surface area (Å²) >= 11 is 0. The number of nitrogens with zero attached hydrogens (tertiary/aromatic N) is 6. The summed E-state index contributed by atoms with van der Waals surface area (Å²) in [6.45, 7) is 3.58. The molecule has 1 spiro atoms. The summed E-state index contributed by atoms with van der Waals surface area (Å²) < 4.78 is 0. The lowest BCUT2D eigenvalue weighted by atomic mass is 9.72. The molecule has 154 valence electrons. The van der Waals surface area contributed by atoms with Crippen LogP contribution in [-0.2, 0) is 11.2 Å². The van der Waals surface area contributed by atoms with Gasteiger partial charge in [0.1, 0.15) is 0 Å². The molecular formula is C22H30N6O. The SMILES string of the molecule is CN(C)c1nccnc1N1CCC2(CCC(=O)N(CCc3cccnc3)C2)CC1. The van der Waals surface area contributed by atoms with Crippen LogP contribution in [0.2, 0.25) is 0 Å². The number of anilines is 2. The number of aromatic nitrogens is 3. The molecule has 7 heteroatoms. The largest absolute Gasteiger partial charge is 0.360 e. The summed E-state index contributed by atoms with van der Waals surface area (Å²) in [6.07, 6.45) is 11.9. The van der Waals surface area contributed by atoms with Gasteiger partial charge in [0.05, 0.1) is 0 Å². The molecule has 0 bridgehead atoms. The average Bonchev–Trinajstić information content (AvgIpc) is 2.76. The molecular weight excluding hydrogens is 364 g/mol. The van der Waals surface area contributed by atoms with Crippen LogP contribution in [0.15, 0.2) is 36.9 Å². The molecule has 2 fully saturated rings. The van der Waals surface area contributed by atoms with Crippen LogP contribution in [-0.4, -0.2) is 66.0 Å². The van der Waals surface area contributed by atoms with Crippen molar-refractivity contribution in [2.24, 2.45) is 5.41 Å². The van der Waals surface area contributed by atoms with Crippen LogP contribution in [0.4, 0.5) is 11.6 Å². The Labute approximate surface area is 172 Å². The Hall–Kier alpha value is -2.70. The van der Waals surface area contributed by atoms with Crippen LogP contribution in [0.1, 0.15) is 31.2 Å². The molecule has 2 aromatic heterocycles. The summed E-state index contributed by atoms with van der Waals surface area (Å²) in [7, 11) is 4.01. The van der Waals surface area contributed by atoms with Gasteiger partial charge in [0.15, 0.2) is 11.6 Å². The lowest BCUT2D eigenvalue weighted by Crippen LogP contribution is -2.52. The van der Waals surface area contributed by atoms with Gasteiger partial charge in [0, 0.05) is 71.5 Å². The van der Waals surface area contributed by atoms with Gasteiger partial charge >= 0.3 is 0 Å². The van der Waals surface area contributed by atoms with Gasteiger partial charge in [-0.3, -0.25) is 9.78 Å². The minimum absolute atomic E-state index is 0.236. The third-order valence-electron chi connectivity index (χ3n) is 6.35. The van der Waals surface area contributed by atoms with Gasteiger partial charge in [-0.2, -0.15) is 0 Å². The van der Waals surface area contributed by atoms with Crippen molar-refractivity contribution >= 4 is 17.5 Å². The van der Waals surface area contributed by atoms with E-state index in [1.807, 2.05) is 31.3 Å². The molecule has 0 radical (unpaired) electrons. The van der Waals surface area contributed by atoms with Crippen LogP contribution in [0.25, 0.3) is 0 Å². The molecule has 1 amide bonds. The Kier molecular flexibility index (Phi) is 5.65. The molecule has 0 saturated carbocycles. The fourth-order valence-corrected chi connectivity index (χ4v) is 4.58. The first-order valence-electron chi connectivity index (χ1n) is 10.5. The summed E-state index contributed by atoms with van der Waals surface area (Å²) in [5.41, 5.74) is 1.42. The Bertz CT molecular complexity index is 832. The maximum absolute atomic E-state index is 12.5. The van der Waals surface area contributed by atoms with E-state index in [1.54, 1.807) is 18.6 Å². The molecule has 0 N–H and O–H groups in total. The third-order valence-corrected chi connectivity index (χ3v) is 6.35. The number of hydrogen-bond acceptors (Lipinski definition) is 6. The zero-order valence-electron chi connectivity index (χ0n) is 17.4. The lowest BCUT2D eigenvalue weighted by Gasteiger charge is -2.48. The van der Waals surface area contributed by atoms with Crippen molar-refractivity contribution in [2.45, 2.75) is 32.1 Å². The molecule has 29 heavy (non-hydrogen) atoms. The first kappa shape index (κ1) is 19.6. The van der Waals surface area contributed by atoms with E-state index in [0.717, 1.165) is 63.5 Å². The second-order valence-corrected chi connectivity index (χ2v) is 8.51.